The molecule has 0 amide bonds. The molecule has 2 rings (SSSR count). The number of hydrogen-bond acceptors (Lipinski definition) is 1. The van der Waals surface area contributed by atoms with Crippen molar-refractivity contribution >= 4 is 27.3 Å². The van der Waals surface area contributed by atoms with Crippen molar-refractivity contribution in [1.29, 1.82) is 0 Å². The molecule has 1 heterocycles. The van der Waals surface area contributed by atoms with E-state index >= 15 is 0 Å². The third-order valence-electron chi connectivity index (χ3n) is 2.61. The number of rotatable bonds is 1. The maximum atomic E-state index is 3.76. The zero-order valence-corrected chi connectivity index (χ0v) is 9.62. The number of hydrogen-bond donors (Lipinski definition) is 0. The third kappa shape index (κ3) is 1.60. The van der Waals surface area contributed by atoms with E-state index in [1.165, 1.54) is 24.1 Å². The van der Waals surface area contributed by atoms with Crippen LogP contribution < -0.4 is 0 Å². The molecule has 1 aliphatic carbocycles. The summed E-state index contributed by atoms with van der Waals surface area (Å²) in [5.74, 6) is 0.787. The van der Waals surface area contributed by atoms with Gasteiger partial charge in [-0.05, 0) is 42.7 Å². The first-order valence-corrected chi connectivity index (χ1v) is 6.26. The van der Waals surface area contributed by atoms with E-state index in [4.69, 9.17) is 0 Å². The average molecular weight is 245 g/mol. The van der Waals surface area contributed by atoms with E-state index in [0.717, 1.165) is 10.7 Å². The van der Waals surface area contributed by atoms with Crippen molar-refractivity contribution in [2.75, 3.05) is 0 Å². The van der Waals surface area contributed by atoms with Crippen LogP contribution in [0.4, 0.5) is 0 Å². The van der Waals surface area contributed by atoms with Gasteiger partial charge in [0.05, 0.1) is 0 Å². The SMILES string of the molecule is Cc1cc(C2CCCC2Br)cs1. The molecule has 66 valence electrons. The van der Waals surface area contributed by atoms with E-state index in [0.29, 0.717) is 0 Å². The zero-order valence-electron chi connectivity index (χ0n) is 7.22. The third-order valence-corrected chi connectivity index (χ3v) is 4.59. The lowest BCUT2D eigenvalue weighted by Gasteiger charge is -2.11. The molecule has 0 spiro atoms. The number of aryl methyl sites for hydroxylation is 1. The molecule has 0 radical (unpaired) electrons. The van der Waals surface area contributed by atoms with Gasteiger partial charge in [0.2, 0.25) is 0 Å². The Bertz CT molecular complexity index is 267. The van der Waals surface area contributed by atoms with Gasteiger partial charge in [-0.15, -0.1) is 11.3 Å². The van der Waals surface area contributed by atoms with Crippen LogP contribution in [0.1, 0.15) is 35.6 Å². The fourth-order valence-corrected chi connectivity index (χ4v) is 3.61. The number of halogens is 1. The van der Waals surface area contributed by atoms with E-state index in [2.05, 4.69) is 34.3 Å². The summed E-state index contributed by atoms with van der Waals surface area (Å²) in [6.45, 7) is 2.19. The number of thiophene rings is 1. The van der Waals surface area contributed by atoms with Crippen molar-refractivity contribution in [3.05, 3.63) is 21.9 Å². The standard InChI is InChI=1S/C10H13BrS/c1-7-5-8(6-12-7)9-3-2-4-10(9)11/h5-6,9-10H,2-4H2,1H3. The summed E-state index contributed by atoms with van der Waals surface area (Å²) in [6, 6.07) is 2.34. The predicted octanol–water partition coefficient (Wildman–Crippen LogP) is 4.09. The van der Waals surface area contributed by atoms with Crippen LogP contribution >= 0.6 is 27.3 Å². The fraction of sp³-hybridized carbons (Fsp3) is 0.600. The van der Waals surface area contributed by atoms with Gasteiger partial charge < -0.3 is 0 Å². The summed E-state index contributed by atoms with van der Waals surface area (Å²) >= 11 is 5.63. The van der Waals surface area contributed by atoms with Gasteiger partial charge >= 0.3 is 0 Å². The van der Waals surface area contributed by atoms with Gasteiger partial charge in [0, 0.05) is 9.70 Å². The molecule has 0 saturated heterocycles. The Morgan fingerprint density at radius 3 is 2.83 bits per heavy atom. The first-order valence-electron chi connectivity index (χ1n) is 4.46. The Morgan fingerprint density at radius 1 is 1.50 bits per heavy atom. The lowest BCUT2D eigenvalue weighted by atomic mass is 10.0. The van der Waals surface area contributed by atoms with E-state index in [-0.39, 0.29) is 0 Å². The molecule has 1 aromatic rings. The maximum Gasteiger partial charge on any atom is 0.0214 e. The predicted molar refractivity (Wildman–Crippen MR) is 58.4 cm³/mol. The summed E-state index contributed by atoms with van der Waals surface area (Å²) in [4.78, 5) is 2.17. The van der Waals surface area contributed by atoms with Crippen LogP contribution in [-0.4, -0.2) is 4.83 Å². The minimum atomic E-state index is 0.728. The quantitative estimate of drug-likeness (QED) is 0.654. The molecule has 2 heteroatoms. The highest BCUT2D eigenvalue weighted by molar-refractivity contribution is 9.09. The van der Waals surface area contributed by atoms with Crippen molar-refractivity contribution in [3.8, 4) is 0 Å². The van der Waals surface area contributed by atoms with Gasteiger partial charge in [-0.1, -0.05) is 22.4 Å². The Balaban J connectivity index is 2.19. The van der Waals surface area contributed by atoms with Crippen LogP contribution in [-0.2, 0) is 0 Å². The van der Waals surface area contributed by atoms with Crippen molar-refractivity contribution in [3.63, 3.8) is 0 Å². The van der Waals surface area contributed by atoms with Crippen molar-refractivity contribution in [2.24, 2.45) is 0 Å². The van der Waals surface area contributed by atoms with Gasteiger partial charge in [-0.3, -0.25) is 0 Å². The van der Waals surface area contributed by atoms with E-state index in [1.807, 2.05) is 11.3 Å². The van der Waals surface area contributed by atoms with Gasteiger partial charge in [0.25, 0.3) is 0 Å². The highest BCUT2D eigenvalue weighted by Crippen LogP contribution is 2.40. The molecule has 2 atom stereocenters. The summed E-state index contributed by atoms with van der Waals surface area (Å²) in [5.41, 5.74) is 1.55. The fourth-order valence-electron chi connectivity index (χ4n) is 1.95. The summed E-state index contributed by atoms with van der Waals surface area (Å²) in [7, 11) is 0. The van der Waals surface area contributed by atoms with Crippen molar-refractivity contribution < 1.29 is 0 Å². The maximum absolute atomic E-state index is 3.76. The molecule has 12 heavy (non-hydrogen) atoms. The summed E-state index contributed by atoms with van der Waals surface area (Å²) in [5, 5.41) is 2.32. The first kappa shape index (κ1) is 8.76. The normalized spacial score (nSPS) is 29.5. The highest BCUT2D eigenvalue weighted by Gasteiger charge is 2.26. The van der Waals surface area contributed by atoms with E-state index < -0.39 is 0 Å². The minimum absolute atomic E-state index is 0.728. The Hall–Kier alpha value is 0.180. The molecule has 1 fully saturated rings. The smallest absolute Gasteiger partial charge is 0.0214 e. The zero-order chi connectivity index (χ0) is 8.55. The van der Waals surface area contributed by atoms with Gasteiger partial charge in [0.15, 0.2) is 0 Å². The van der Waals surface area contributed by atoms with Crippen molar-refractivity contribution in [2.45, 2.75) is 36.9 Å². The Labute approximate surface area is 86.1 Å². The monoisotopic (exact) mass is 244 g/mol. The second-order valence-corrected chi connectivity index (χ2v) is 5.84. The lowest BCUT2D eigenvalue weighted by Crippen LogP contribution is -2.02. The van der Waals surface area contributed by atoms with Crippen molar-refractivity contribution in [1.82, 2.24) is 0 Å². The topological polar surface area (TPSA) is 0 Å². The molecular weight excluding hydrogens is 232 g/mol. The average Bonchev–Trinajstić information content (AvgIpc) is 2.58. The Kier molecular flexibility index (Phi) is 2.56. The molecule has 0 nitrogen and oxygen atoms in total. The van der Waals surface area contributed by atoms with Crippen LogP contribution in [0.15, 0.2) is 11.4 Å². The van der Waals surface area contributed by atoms with Crippen LogP contribution in [0.3, 0.4) is 0 Å². The van der Waals surface area contributed by atoms with E-state index in [9.17, 15) is 0 Å². The van der Waals surface area contributed by atoms with Gasteiger partial charge in [0.1, 0.15) is 0 Å². The van der Waals surface area contributed by atoms with Crippen LogP contribution in [0, 0.1) is 6.92 Å². The second kappa shape index (κ2) is 3.51. The van der Waals surface area contributed by atoms with Gasteiger partial charge in [-0.25, -0.2) is 0 Å². The van der Waals surface area contributed by atoms with Crippen LogP contribution in [0.2, 0.25) is 0 Å². The van der Waals surface area contributed by atoms with E-state index in [1.54, 1.807) is 5.56 Å². The van der Waals surface area contributed by atoms with Crippen LogP contribution in [0.5, 0.6) is 0 Å². The minimum Gasteiger partial charge on any atom is -0.149 e. The molecule has 0 aliphatic heterocycles. The summed E-state index contributed by atoms with van der Waals surface area (Å²) in [6.07, 6.45) is 4.10. The largest absolute Gasteiger partial charge is 0.149 e. The molecule has 0 bridgehead atoms. The molecule has 1 saturated carbocycles. The molecule has 2 unspecified atom stereocenters. The lowest BCUT2D eigenvalue weighted by molar-refractivity contribution is 0.746. The molecule has 0 aromatic carbocycles. The second-order valence-electron chi connectivity index (χ2n) is 3.54. The van der Waals surface area contributed by atoms with Gasteiger partial charge in [-0.2, -0.15) is 0 Å². The molecule has 0 N–H and O–H groups in total. The summed E-state index contributed by atoms with van der Waals surface area (Å²) < 4.78 is 0. The Morgan fingerprint density at radius 2 is 2.33 bits per heavy atom. The molecular formula is C10H13BrS. The van der Waals surface area contributed by atoms with Crippen LogP contribution in [0.25, 0.3) is 0 Å². The molecule has 1 aromatic heterocycles. The first-order chi connectivity index (χ1) is 5.77. The highest BCUT2D eigenvalue weighted by atomic mass is 79.9. The molecule has 1 aliphatic rings. The number of alkyl halides is 1.